The molecule has 7 rings (SSSR count). The molecule has 0 fully saturated rings. The molecule has 2 atom stereocenters. The van der Waals surface area contributed by atoms with E-state index in [0.29, 0.717) is 38.8 Å². The molecule has 7 heterocycles. The van der Waals surface area contributed by atoms with E-state index in [1.807, 2.05) is 0 Å². The van der Waals surface area contributed by atoms with Crippen molar-refractivity contribution in [3.8, 4) is 46.3 Å². The van der Waals surface area contributed by atoms with Crippen molar-refractivity contribution in [1.29, 1.82) is 0 Å². The van der Waals surface area contributed by atoms with Crippen molar-refractivity contribution >= 4 is 18.3 Å². The van der Waals surface area contributed by atoms with E-state index in [1.165, 1.54) is 37.6 Å². The van der Waals surface area contributed by atoms with E-state index in [0.717, 1.165) is 12.8 Å². The fourth-order valence-electron chi connectivity index (χ4n) is 5.03. The summed E-state index contributed by atoms with van der Waals surface area (Å²) >= 11 is 0. The van der Waals surface area contributed by atoms with Crippen LogP contribution < -0.4 is 22.1 Å². The molecule has 7 N–H and O–H groups in total. The van der Waals surface area contributed by atoms with Gasteiger partial charge in [-0.05, 0) is 51.6 Å². The molecule has 6 aromatic rings. The van der Waals surface area contributed by atoms with Gasteiger partial charge in [0.05, 0.1) is 0 Å². The van der Waals surface area contributed by atoms with E-state index in [9.17, 15) is 9.59 Å². The topological polar surface area (TPSA) is 304 Å². The zero-order valence-electron chi connectivity index (χ0n) is 26.8. The summed E-state index contributed by atoms with van der Waals surface area (Å²) in [6, 6.07) is -1.27. The third-order valence-electron chi connectivity index (χ3n) is 7.50. The maximum absolute atomic E-state index is 13.3. The van der Waals surface area contributed by atoms with Gasteiger partial charge in [0.25, 0.3) is 18.3 Å². The average Bonchev–Trinajstić information content (AvgIpc) is 3.98. The van der Waals surface area contributed by atoms with Gasteiger partial charge in [0.15, 0.2) is 34.2 Å². The minimum absolute atomic E-state index is 0.00190. The molecule has 6 aromatic heterocycles. The number of nitrogens with zero attached hydrogens (tertiary/aromatic N) is 6. The van der Waals surface area contributed by atoms with E-state index in [-0.39, 0.29) is 76.0 Å². The zero-order chi connectivity index (χ0) is 35.7. The first kappa shape index (κ1) is 34.5. The van der Waals surface area contributed by atoms with Crippen LogP contribution in [0.15, 0.2) is 64.1 Å². The summed E-state index contributed by atoms with van der Waals surface area (Å²) in [7, 11) is 0. The van der Waals surface area contributed by atoms with Gasteiger partial charge in [0.1, 0.15) is 49.7 Å². The second-order valence-corrected chi connectivity index (χ2v) is 11.0. The minimum Gasteiger partial charge on any atom is -0.483 e. The standard InChI is InChI=1S/C30H30N10O8.CH2O2/c31-7-3-1-5-15-25-37-21(11-45-25)29-39-20(13-47-29)28-36-18(10-44-28)24(42)34-16(6-2-4-8-32)26-38-22(12-46-26)30-40-19(14-48-30)27-35-17(9-43-27)23(41)33-15;2-1-3/h9-16H,1-8,31-32H2,(H,33,41)(H,34,42);1H,(H,2,3)/t15-,16-;/m0./s1. The van der Waals surface area contributed by atoms with Crippen LogP contribution in [0.2, 0.25) is 0 Å². The van der Waals surface area contributed by atoms with Crippen LogP contribution in [0.4, 0.5) is 0 Å². The molecule has 0 saturated heterocycles. The molecular weight excluding hydrogens is 672 g/mol. The molecular formula is C31H32N10O10. The van der Waals surface area contributed by atoms with Gasteiger partial charge in [0, 0.05) is 0 Å². The average molecular weight is 705 g/mol. The number of nitrogens with two attached hydrogens (primary N) is 2. The Hall–Kier alpha value is -6.41. The summed E-state index contributed by atoms with van der Waals surface area (Å²) < 4.78 is 33.8. The highest BCUT2D eigenvalue weighted by Crippen LogP contribution is 2.30. The van der Waals surface area contributed by atoms with E-state index in [1.54, 1.807) is 0 Å². The fraction of sp³-hybridized carbons (Fsp3) is 0.323. The lowest BCUT2D eigenvalue weighted by molar-refractivity contribution is -0.122. The van der Waals surface area contributed by atoms with Crippen LogP contribution in [-0.2, 0) is 4.79 Å². The molecule has 0 radical (unpaired) electrons. The Morgan fingerprint density at radius 1 is 0.549 bits per heavy atom. The number of unbranched alkanes of at least 4 members (excludes halogenated alkanes) is 2. The number of fused-ring (bicyclic) bond motifs is 16. The van der Waals surface area contributed by atoms with E-state index >= 15 is 0 Å². The first-order valence-corrected chi connectivity index (χ1v) is 15.7. The number of hydrogen-bond donors (Lipinski definition) is 5. The first-order valence-electron chi connectivity index (χ1n) is 15.7. The highest BCUT2D eigenvalue weighted by Gasteiger charge is 2.27. The quantitative estimate of drug-likeness (QED) is 0.112. The van der Waals surface area contributed by atoms with Crippen molar-refractivity contribution in [2.75, 3.05) is 13.1 Å². The smallest absolute Gasteiger partial charge is 0.290 e. The zero-order valence-corrected chi connectivity index (χ0v) is 26.8. The van der Waals surface area contributed by atoms with E-state index in [2.05, 4.69) is 40.5 Å². The molecule has 51 heavy (non-hydrogen) atoms. The summed E-state index contributed by atoms with van der Waals surface area (Å²) in [6.45, 7) is 0.719. The number of carbonyl (C=O) groups is 3. The molecule has 0 aliphatic carbocycles. The summed E-state index contributed by atoms with van der Waals surface area (Å²) in [5, 5.41) is 12.7. The largest absolute Gasteiger partial charge is 0.483 e. The Bertz CT molecular complexity index is 1930. The lowest BCUT2D eigenvalue weighted by atomic mass is 10.1. The number of oxazole rings is 6. The fourth-order valence-corrected chi connectivity index (χ4v) is 5.03. The molecule has 0 saturated carbocycles. The lowest BCUT2D eigenvalue weighted by Crippen LogP contribution is -2.29. The summed E-state index contributed by atoms with van der Waals surface area (Å²) in [6.07, 6.45) is 11.6. The van der Waals surface area contributed by atoms with Crippen LogP contribution in [0.1, 0.15) is 83.4 Å². The Morgan fingerprint density at radius 3 is 1.24 bits per heavy atom. The van der Waals surface area contributed by atoms with Gasteiger partial charge in [0.2, 0.25) is 35.3 Å². The molecule has 0 spiro atoms. The predicted molar refractivity (Wildman–Crippen MR) is 170 cm³/mol. The van der Waals surface area contributed by atoms with Gasteiger partial charge >= 0.3 is 0 Å². The number of nitrogens with one attached hydrogen (secondary N) is 2. The SMILES string of the molecule is NCCCC[C@@H]1NC(=O)c2coc(n2)-c2coc(n2)-c2coc(n2)[C@H](CCCCN)NC(=O)c2coc(n2)-c2coc(n2)-c2coc1n2.O=CO. The predicted octanol–water partition coefficient (Wildman–Crippen LogP) is 3.50. The second-order valence-electron chi connectivity index (χ2n) is 11.0. The monoisotopic (exact) mass is 704 g/mol. The van der Waals surface area contributed by atoms with Crippen molar-refractivity contribution in [3.63, 3.8) is 0 Å². The van der Waals surface area contributed by atoms with Crippen molar-refractivity contribution in [1.82, 2.24) is 40.5 Å². The maximum Gasteiger partial charge on any atom is 0.290 e. The lowest BCUT2D eigenvalue weighted by Gasteiger charge is -2.14. The highest BCUT2D eigenvalue weighted by molar-refractivity contribution is 5.93. The highest BCUT2D eigenvalue weighted by atomic mass is 16.4. The molecule has 20 nitrogen and oxygen atoms in total. The molecule has 266 valence electrons. The van der Waals surface area contributed by atoms with Gasteiger partial charge in [-0.25, -0.2) is 29.9 Å². The third-order valence-corrected chi connectivity index (χ3v) is 7.50. The maximum atomic E-state index is 13.3. The second kappa shape index (κ2) is 15.9. The van der Waals surface area contributed by atoms with E-state index in [4.69, 9.17) is 47.9 Å². The number of amides is 2. The van der Waals surface area contributed by atoms with Crippen LogP contribution in [-0.4, -0.2) is 66.4 Å². The Morgan fingerprint density at radius 2 is 0.863 bits per heavy atom. The first-order chi connectivity index (χ1) is 24.9. The molecule has 0 unspecified atom stereocenters. The van der Waals surface area contributed by atoms with Crippen molar-refractivity contribution in [2.24, 2.45) is 11.5 Å². The third kappa shape index (κ3) is 7.92. The molecule has 0 aromatic carbocycles. The van der Waals surface area contributed by atoms with E-state index < -0.39 is 23.9 Å². The number of rotatable bonds is 8. The van der Waals surface area contributed by atoms with Gasteiger partial charge in [-0.3, -0.25) is 14.4 Å². The molecule has 1 aliphatic heterocycles. The Kier molecular flexibility index (Phi) is 10.7. The summed E-state index contributed by atoms with van der Waals surface area (Å²) in [5.74, 6) is -0.299. The van der Waals surface area contributed by atoms with Crippen LogP contribution in [0.3, 0.4) is 0 Å². The molecule has 12 bridgehead atoms. The normalized spacial score (nSPS) is 15.6. The Labute approximate surface area is 287 Å². The molecule has 2 amide bonds. The van der Waals surface area contributed by atoms with Crippen LogP contribution in [0.25, 0.3) is 46.3 Å². The molecule has 1 aliphatic rings. The van der Waals surface area contributed by atoms with Crippen LogP contribution in [0, 0.1) is 0 Å². The van der Waals surface area contributed by atoms with Gasteiger partial charge < -0.3 is 53.7 Å². The summed E-state index contributed by atoms with van der Waals surface area (Å²) in [5.41, 5.74) is 12.4. The van der Waals surface area contributed by atoms with Crippen LogP contribution in [0.5, 0.6) is 0 Å². The minimum atomic E-state index is -0.634. The van der Waals surface area contributed by atoms with Crippen molar-refractivity contribution in [3.05, 3.63) is 60.7 Å². The van der Waals surface area contributed by atoms with Crippen molar-refractivity contribution < 1.29 is 46.0 Å². The van der Waals surface area contributed by atoms with Crippen molar-refractivity contribution in [2.45, 2.75) is 50.6 Å². The Balaban J connectivity index is 0.00000144. The van der Waals surface area contributed by atoms with Gasteiger partial charge in [-0.1, -0.05) is 0 Å². The number of carboxylic acid groups (broad SMARTS) is 1. The number of aromatic nitrogens is 6. The number of hydrogen-bond acceptors (Lipinski definition) is 17. The summed E-state index contributed by atoms with van der Waals surface area (Å²) in [4.78, 5) is 61.4. The molecule has 20 heteroatoms. The van der Waals surface area contributed by atoms with Gasteiger partial charge in [-0.15, -0.1) is 0 Å². The number of carbonyl (C=O) groups excluding carboxylic acids is 2. The van der Waals surface area contributed by atoms with Crippen LogP contribution >= 0.6 is 0 Å². The van der Waals surface area contributed by atoms with Gasteiger partial charge in [-0.2, -0.15) is 0 Å².